The van der Waals surface area contributed by atoms with E-state index in [4.69, 9.17) is 27.9 Å². The van der Waals surface area contributed by atoms with Crippen LogP contribution in [0.4, 0.5) is 0 Å². The lowest BCUT2D eigenvalue weighted by molar-refractivity contribution is -0.143. The van der Waals surface area contributed by atoms with Gasteiger partial charge in [-0.3, -0.25) is 9.69 Å². The van der Waals surface area contributed by atoms with E-state index in [0.29, 0.717) is 11.1 Å². The summed E-state index contributed by atoms with van der Waals surface area (Å²) in [5.74, 6) is 0.171. The molecule has 2 atom stereocenters. The van der Waals surface area contributed by atoms with Crippen LogP contribution in [0.2, 0.25) is 10.0 Å². The second-order valence-electron chi connectivity index (χ2n) is 6.87. The van der Waals surface area contributed by atoms with Crippen LogP contribution in [-0.4, -0.2) is 54.6 Å². The maximum Gasteiger partial charge on any atom is 0.251 e. The Morgan fingerprint density at radius 1 is 1.12 bits per heavy atom. The lowest BCUT2D eigenvalue weighted by atomic mass is 10.1. The Labute approximate surface area is 152 Å². The molecule has 0 spiro atoms. The van der Waals surface area contributed by atoms with Gasteiger partial charge in [0.2, 0.25) is 0 Å². The number of nitrogens with zero attached hydrogens (tertiary/aromatic N) is 2. The van der Waals surface area contributed by atoms with Crippen molar-refractivity contribution in [1.82, 2.24) is 9.80 Å². The number of hydrogen-bond acceptors (Lipinski definition) is 3. The van der Waals surface area contributed by atoms with Crippen LogP contribution in [0.5, 0.6) is 0 Å². The molecule has 24 heavy (non-hydrogen) atoms. The van der Waals surface area contributed by atoms with Gasteiger partial charge in [0.05, 0.1) is 0 Å². The van der Waals surface area contributed by atoms with Gasteiger partial charge in [0.15, 0.2) is 0 Å². The molecule has 2 fully saturated rings. The fourth-order valence-corrected chi connectivity index (χ4v) is 4.83. The smallest absolute Gasteiger partial charge is 0.251 e. The van der Waals surface area contributed by atoms with Gasteiger partial charge < -0.3 is 9.64 Å². The Morgan fingerprint density at radius 2 is 1.92 bits per heavy atom. The molecule has 1 aromatic rings. The van der Waals surface area contributed by atoms with Gasteiger partial charge in [0.25, 0.3) is 5.91 Å². The number of piperazine rings is 1. The first-order valence-electron chi connectivity index (χ1n) is 8.76. The summed E-state index contributed by atoms with van der Waals surface area (Å²) in [6, 6.07) is 4.27. The molecule has 0 bridgehead atoms. The van der Waals surface area contributed by atoms with E-state index in [0.717, 1.165) is 63.5 Å². The van der Waals surface area contributed by atoms with Gasteiger partial charge in [0.1, 0.15) is 6.10 Å². The number of amides is 1. The van der Waals surface area contributed by atoms with Gasteiger partial charge in [-0.05, 0) is 48.9 Å². The molecular weight excluding hydrogens is 347 g/mol. The molecule has 1 amide bonds. The molecule has 0 saturated carbocycles. The second-order valence-corrected chi connectivity index (χ2v) is 7.72. The minimum absolute atomic E-state index is 0.171. The molecule has 4 nitrogen and oxygen atoms in total. The summed E-state index contributed by atoms with van der Waals surface area (Å²) >= 11 is 12.5. The van der Waals surface area contributed by atoms with Crippen molar-refractivity contribution in [2.24, 2.45) is 0 Å². The van der Waals surface area contributed by atoms with Crippen molar-refractivity contribution in [3.63, 3.8) is 0 Å². The normalized spacial score (nSPS) is 27.5. The quantitative estimate of drug-likeness (QED) is 0.802. The first kappa shape index (κ1) is 16.6. The Kier molecular flexibility index (Phi) is 4.74. The van der Waals surface area contributed by atoms with Crippen molar-refractivity contribution in [3.05, 3.63) is 33.3 Å². The summed E-state index contributed by atoms with van der Waals surface area (Å²) in [7, 11) is 0. The Balaban J connectivity index is 1.42. The van der Waals surface area contributed by atoms with Crippen molar-refractivity contribution >= 4 is 29.1 Å². The summed E-state index contributed by atoms with van der Waals surface area (Å²) in [5, 5.41) is 1.49. The van der Waals surface area contributed by atoms with Crippen molar-refractivity contribution < 1.29 is 9.53 Å². The van der Waals surface area contributed by atoms with E-state index in [1.165, 1.54) is 11.1 Å². The molecule has 3 aliphatic rings. The first-order chi connectivity index (χ1) is 11.6. The Morgan fingerprint density at radius 3 is 2.62 bits per heavy atom. The molecule has 0 aromatic heterocycles. The van der Waals surface area contributed by atoms with Crippen molar-refractivity contribution in [1.29, 1.82) is 0 Å². The number of fused-ring (bicyclic) bond motifs is 1. The predicted octanol–water partition coefficient (Wildman–Crippen LogP) is 3.30. The van der Waals surface area contributed by atoms with Crippen LogP contribution in [0, 0.1) is 0 Å². The number of carbonyl (C=O) groups is 1. The molecule has 1 aromatic carbocycles. The molecule has 2 aliphatic heterocycles. The second kappa shape index (κ2) is 6.83. The SMILES string of the molecule is O=C([C@H]1CCCO1)N1CCN([C@@H]2CCc3c(Cl)cc(Cl)cc32)CC1. The van der Waals surface area contributed by atoms with Crippen molar-refractivity contribution in [2.45, 2.75) is 37.8 Å². The predicted molar refractivity (Wildman–Crippen MR) is 94.7 cm³/mol. The Hall–Kier alpha value is -0.810. The molecule has 2 heterocycles. The largest absolute Gasteiger partial charge is 0.368 e. The highest BCUT2D eigenvalue weighted by atomic mass is 35.5. The van der Waals surface area contributed by atoms with Crippen LogP contribution in [-0.2, 0) is 16.0 Å². The summed E-state index contributed by atoms with van der Waals surface area (Å²) in [4.78, 5) is 16.9. The fraction of sp³-hybridized carbons (Fsp3) is 0.611. The van der Waals surface area contributed by atoms with Gasteiger partial charge in [-0.25, -0.2) is 0 Å². The fourth-order valence-electron chi connectivity index (χ4n) is 4.23. The van der Waals surface area contributed by atoms with Crippen molar-refractivity contribution in [2.75, 3.05) is 32.8 Å². The molecular formula is C18H22Cl2N2O2. The van der Waals surface area contributed by atoms with E-state index >= 15 is 0 Å². The van der Waals surface area contributed by atoms with E-state index in [1.54, 1.807) is 0 Å². The third-order valence-corrected chi connectivity index (χ3v) is 6.05. The molecule has 130 valence electrons. The van der Waals surface area contributed by atoms with Gasteiger partial charge in [-0.2, -0.15) is 0 Å². The number of benzene rings is 1. The Bertz CT molecular complexity index is 638. The highest BCUT2D eigenvalue weighted by Crippen LogP contribution is 2.41. The number of rotatable bonds is 2. The topological polar surface area (TPSA) is 32.8 Å². The number of halogens is 2. The summed E-state index contributed by atoms with van der Waals surface area (Å²) < 4.78 is 5.53. The van der Waals surface area contributed by atoms with Gasteiger partial charge in [-0.15, -0.1) is 0 Å². The minimum Gasteiger partial charge on any atom is -0.368 e. The molecule has 4 rings (SSSR count). The highest BCUT2D eigenvalue weighted by Gasteiger charge is 2.34. The van der Waals surface area contributed by atoms with Crippen LogP contribution in [0.25, 0.3) is 0 Å². The summed E-state index contributed by atoms with van der Waals surface area (Å²) in [6.07, 6.45) is 3.74. The molecule has 2 saturated heterocycles. The molecule has 0 radical (unpaired) electrons. The van der Waals surface area contributed by atoms with Crippen molar-refractivity contribution in [3.8, 4) is 0 Å². The average molecular weight is 369 g/mol. The van der Waals surface area contributed by atoms with Gasteiger partial charge in [-0.1, -0.05) is 23.2 Å². The highest BCUT2D eigenvalue weighted by molar-refractivity contribution is 6.35. The number of hydrogen-bond donors (Lipinski definition) is 0. The van der Waals surface area contributed by atoms with Crippen LogP contribution in [0.15, 0.2) is 12.1 Å². The van der Waals surface area contributed by atoms with E-state index in [-0.39, 0.29) is 12.0 Å². The maximum atomic E-state index is 12.5. The van der Waals surface area contributed by atoms with Crippen LogP contribution in [0.1, 0.15) is 36.4 Å². The first-order valence-corrected chi connectivity index (χ1v) is 9.51. The van der Waals surface area contributed by atoms with E-state index in [2.05, 4.69) is 11.0 Å². The zero-order valence-electron chi connectivity index (χ0n) is 13.6. The molecule has 6 heteroatoms. The molecule has 1 aliphatic carbocycles. The van der Waals surface area contributed by atoms with Crippen LogP contribution >= 0.6 is 23.2 Å². The minimum atomic E-state index is -0.207. The zero-order valence-corrected chi connectivity index (χ0v) is 15.2. The number of ether oxygens (including phenoxy) is 1. The zero-order chi connectivity index (χ0) is 16.7. The molecule has 0 unspecified atom stereocenters. The standard InChI is InChI=1S/C18H22Cl2N2O2/c19-12-10-14-13(15(20)11-12)3-4-16(14)21-5-7-22(8-6-21)18(23)17-2-1-9-24-17/h10-11,16-17H,1-9H2/t16-,17-/m1/s1. The lowest BCUT2D eigenvalue weighted by Gasteiger charge is -2.39. The van der Waals surface area contributed by atoms with Crippen LogP contribution < -0.4 is 0 Å². The van der Waals surface area contributed by atoms with E-state index < -0.39 is 0 Å². The average Bonchev–Trinajstić information content (AvgIpc) is 3.24. The van der Waals surface area contributed by atoms with Gasteiger partial charge in [0, 0.05) is 48.9 Å². The third kappa shape index (κ3) is 3.05. The summed E-state index contributed by atoms with van der Waals surface area (Å²) in [5.41, 5.74) is 2.51. The monoisotopic (exact) mass is 368 g/mol. The molecule has 0 N–H and O–H groups in total. The summed E-state index contributed by atoms with van der Waals surface area (Å²) in [6.45, 7) is 4.06. The number of carbonyl (C=O) groups excluding carboxylic acids is 1. The van der Waals surface area contributed by atoms with E-state index in [9.17, 15) is 4.79 Å². The van der Waals surface area contributed by atoms with Gasteiger partial charge >= 0.3 is 0 Å². The lowest BCUT2D eigenvalue weighted by Crippen LogP contribution is -2.51. The van der Waals surface area contributed by atoms with E-state index in [1.807, 2.05) is 11.0 Å². The maximum absolute atomic E-state index is 12.5. The van der Waals surface area contributed by atoms with Crippen LogP contribution in [0.3, 0.4) is 0 Å². The third-order valence-electron chi connectivity index (χ3n) is 5.49.